The van der Waals surface area contributed by atoms with Gasteiger partial charge >= 0.3 is 0 Å². The van der Waals surface area contributed by atoms with Gasteiger partial charge in [0.05, 0.1) is 19.5 Å². The van der Waals surface area contributed by atoms with E-state index in [4.69, 9.17) is 4.74 Å². The number of aryl methyl sites for hydroxylation is 1. The summed E-state index contributed by atoms with van der Waals surface area (Å²) in [5, 5.41) is 0. The molecule has 0 N–H and O–H groups in total. The highest BCUT2D eigenvalue weighted by atomic mass is 19.1. The number of halogens is 1. The second-order valence-corrected chi connectivity index (χ2v) is 7.95. The van der Waals surface area contributed by atoms with E-state index in [9.17, 15) is 14.0 Å². The number of amides is 2. The molecule has 0 aliphatic carbocycles. The predicted molar refractivity (Wildman–Crippen MR) is 108 cm³/mol. The fraction of sp³-hybridized carbons (Fsp3) is 0.391. The first-order chi connectivity index (χ1) is 14.0. The van der Waals surface area contributed by atoms with Gasteiger partial charge in [-0.3, -0.25) is 9.59 Å². The van der Waals surface area contributed by atoms with E-state index in [-0.39, 0.29) is 24.2 Å². The molecule has 152 valence electrons. The zero-order chi connectivity index (χ0) is 20.4. The van der Waals surface area contributed by atoms with Crippen molar-refractivity contribution in [1.29, 1.82) is 0 Å². The van der Waals surface area contributed by atoms with Crippen LogP contribution in [0, 0.1) is 12.7 Å². The average molecular weight is 396 g/mol. The fourth-order valence-corrected chi connectivity index (χ4v) is 4.23. The summed E-state index contributed by atoms with van der Waals surface area (Å²) < 4.78 is 19.6. The molecule has 6 heteroatoms. The van der Waals surface area contributed by atoms with Gasteiger partial charge in [0.1, 0.15) is 18.0 Å². The van der Waals surface area contributed by atoms with Crippen molar-refractivity contribution in [2.75, 3.05) is 31.1 Å². The third-order valence-corrected chi connectivity index (χ3v) is 5.86. The van der Waals surface area contributed by atoms with Crippen molar-refractivity contribution in [2.24, 2.45) is 0 Å². The van der Waals surface area contributed by atoms with Crippen LogP contribution < -0.4 is 4.90 Å². The van der Waals surface area contributed by atoms with E-state index in [1.54, 1.807) is 17.0 Å². The van der Waals surface area contributed by atoms with Crippen LogP contribution in [-0.4, -0.2) is 48.6 Å². The zero-order valence-electron chi connectivity index (χ0n) is 16.6. The highest BCUT2D eigenvalue weighted by Crippen LogP contribution is 2.32. The molecule has 0 bridgehead atoms. The van der Waals surface area contributed by atoms with Gasteiger partial charge in [0.2, 0.25) is 5.91 Å². The lowest BCUT2D eigenvalue weighted by Crippen LogP contribution is -2.62. The Kier molecular flexibility index (Phi) is 5.37. The first kappa shape index (κ1) is 19.6. The molecule has 2 aliphatic heterocycles. The van der Waals surface area contributed by atoms with Gasteiger partial charge in [0.15, 0.2) is 0 Å². The minimum Gasteiger partial charge on any atom is -0.361 e. The Bertz CT molecular complexity index is 932. The van der Waals surface area contributed by atoms with Crippen LogP contribution in [-0.2, 0) is 20.7 Å². The number of morpholine rings is 1. The summed E-state index contributed by atoms with van der Waals surface area (Å²) in [7, 11) is 0. The summed E-state index contributed by atoms with van der Waals surface area (Å²) >= 11 is 0. The first-order valence-corrected chi connectivity index (χ1v) is 9.98. The summed E-state index contributed by atoms with van der Waals surface area (Å²) in [5.74, 6) is -0.504. The smallest absolute Gasteiger partial charge is 0.253 e. The Hall–Kier alpha value is -2.73. The molecule has 1 unspecified atom stereocenters. The maximum Gasteiger partial charge on any atom is 0.253 e. The van der Waals surface area contributed by atoms with Crippen LogP contribution in [0.2, 0.25) is 0 Å². The van der Waals surface area contributed by atoms with Gasteiger partial charge in [-0.2, -0.15) is 0 Å². The number of piperidine rings is 1. The van der Waals surface area contributed by atoms with Gasteiger partial charge in [-0.15, -0.1) is 0 Å². The summed E-state index contributed by atoms with van der Waals surface area (Å²) in [6.07, 6.45) is 1.93. The molecule has 2 amide bonds. The molecule has 0 radical (unpaired) electrons. The monoisotopic (exact) mass is 396 g/mol. The molecule has 29 heavy (non-hydrogen) atoms. The van der Waals surface area contributed by atoms with Crippen LogP contribution in [0.25, 0.3) is 0 Å². The summed E-state index contributed by atoms with van der Waals surface area (Å²) in [4.78, 5) is 28.8. The van der Waals surface area contributed by atoms with Crippen LogP contribution in [0.1, 0.15) is 24.0 Å². The maximum absolute atomic E-state index is 13.7. The standard InChI is InChI=1S/C23H25FN2O3/c1-17-6-2-3-7-18(17)12-21(27)25-11-5-10-23(15-25)16-26(22(28)14-29-23)20-9-4-8-19(24)13-20/h2-4,6-9,13H,5,10-12,14-16H2,1H3. The average Bonchev–Trinajstić information content (AvgIpc) is 2.72. The van der Waals surface area contributed by atoms with E-state index in [1.165, 1.54) is 12.1 Å². The molecule has 2 aromatic rings. The molecular weight excluding hydrogens is 371 g/mol. The van der Waals surface area contributed by atoms with Gasteiger partial charge in [-0.1, -0.05) is 30.3 Å². The number of carbonyl (C=O) groups excluding carboxylic acids is 2. The summed E-state index contributed by atoms with van der Waals surface area (Å²) in [6, 6.07) is 13.9. The lowest BCUT2D eigenvalue weighted by molar-refractivity contribution is -0.153. The Labute approximate surface area is 170 Å². The number of rotatable bonds is 3. The molecule has 2 fully saturated rings. The second kappa shape index (κ2) is 7.95. The van der Waals surface area contributed by atoms with Crippen LogP contribution in [0.3, 0.4) is 0 Å². The normalized spacial score (nSPS) is 22.2. The van der Waals surface area contributed by atoms with Crippen LogP contribution >= 0.6 is 0 Å². The van der Waals surface area contributed by atoms with Gasteiger partial charge in [0, 0.05) is 12.2 Å². The van der Waals surface area contributed by atoms with E-state index >= 15 is 0 Å². The number of benzene rings is 2. The molecule has 2 aromatic carbocycles. The van der Waals surface area contributed by atoms with Crippen LogP contribution in [0.5, 0.6) is 0 Å². The van der Waals surface area contributed by atoms with Gasteiger partial charge in [-0.05, 0) is 49.1 Å². The SMILES string of the molecule is Cc1ccccc1CC(=O)N1CCCC2(C1)CN(c1cccc(F)c1)C(=O)CO2. The van der Waals surface area contributed by atoms with E-state index < -0.39 is 5.60 Å². The van der Waals surface area contributed by atoms with E-state index in [0.717, 1.165) is 24.0 Å². The van der Waals surface area contributed by atoms with E-state index in [2.05, 4.69) is 0 Å². The van der Waals surface area contributed by atoms with Crippen molar-refractivity contribution in [3.63, 3.8) is 0 Å². The van der Waals surface area contributed by atoms with Crippen LogP contribution in [0.15, 0.2) is 48.5 Å². The van der Waals surface area contributed by atoms with Gasteiger partial charge < -0.3 is 14.5 Å². The van der Waals surface area contributed by atoms with Crippen molar-refractivity contribution in [1.82, 2.24) is 4.90 Å². The molecule has 0 saturated carbocycles. The molecule has 2 heterocycles. The predicted octanol–water partition coefficient (Wildman–Crippen LogP) is 3.10. The van der Waals surface area contributed by atoms with E-state index in [1.807, 2.05) is 36.1 Å². The minimum absolute atomic E-state index is 0.0592. The number of nitrogens with zero attached hydrogens (tertiary/aromatic N) is 2. The molecule has 4 rings (SSSR count). The molecule has 5 nitrogen and oxygen atoms in total. The van der Waals surface area contributed by atoms with Crippen molar-refractivity contribution >= 4 is 17.5 Å². The first-order valence-electron chi connectivity index (χ1n) is 9.98. The zero-order valence-corrected chi connectivity index (χ0v) is 16.6. The Morgan fingerprint density at radius 1 is 1.17 bits per heavy atom. The third-order valence-electron chi connectivity index (χ3n) is 5.86. The minimum atomic E-state index is -0.611. The van der Waals surface area contributed by atoms with Crippen molar-refractivity contribution in [2.45, 2.75) is 31.8 Å². The number of likely N-dealkylation sites (tertiary alicyclic amines) is 1. The highest BCUT2D eigenvalue weighted by molar-refractivity contribution is 5.95. The summed E-state index contributed by atoms with van der Waals surface area (Å²) in [6.45, 7) is 3.40. The number of anilines is 1. The van der Waals surface area contributed by atoms with Gasteiger partial charge in [-0.25, -0.2) is 4.39 Å². The number of carbonyl (C=O) groups is 2. The quantitative estimate of drug-likeness (QED) is 0.801. The van der Waals surface area contributed by atoms with E-state index in [0.29, 0.717) is 31.7 Å². The third kappa shape index (κ3) is 4.17. The summed E-state index contributed by atoms with van der Waals surface area (Å²) in [5.41, 5.74) is 2.04. The maximum atomic E-state index is 13.7. The lowest BCUT2D eigenvalue weighted by Gasteiger charge is -2.47. The molecule has 0 aromatic heterocycles. The second-order valence-electron chi connectivity index (χ2n) is 7.95. The van der Waals surface area contributed by atoms with Crippen molar-refractivity contribution < 1.29 is 18.7 Å². The van der Waals surface area contributed by atoms with Crippen molar-refractivity contribution in [3.05, 3.63) is 65.5 Å². The molecule has 1 spiro atoms. The number of hydrogen-bond donors (Lipinski definition) is 0. The van der Waals surface area contributed by atoms with Gasteiger partial charge in [0.25, 0.3) is 5.91 Å². The van der Waals surface area contributed by atoms with Crippen molar-refractivity contribution in [3.8, 4) is 0 Å². The Morgan fingerprint density at radius 3 is 2.79 bits per heavy atom. The Balaban J connectivity index is 1.50. The fourth-order valence-electron chi connectivity index (χ4n) is 4.23. The molecule has 2 saturated heterocycles. The topological polar surface area (TPSA) is 49.9 Å². The molecule has 1 atom stereocenters. The molecule has 2 aliphatic rings. The largest absolute Gasteiger partial charge is 0.361 e. The lowest BCUT2D eigenvalue weighted by atomic mass is 9.90. The number of ether oxygens (including phenoxy) is 1. The Morgan fingerprint density at radius 2 is 2.00 bits per heavy atom. The highest BCUT2D eigenvalue weighted by Gasteiger charge is 2.44. The molecular formula is C23H25FN2O3. The van der Waals surface area contributed by atoms with Crippen LogP contribution in [0.4, 0.5) is 10.1 Å². The number of hydrogen-bond acceptors (Lipinski definition) is 3.